The zero-order chi connectivity index (χ0) is 26.9. The molecule has 1 saturated heterocycles. The first-order chi connectivity index (χ1) is 18.4. The highest BCUT2D eigenvalue weighted by Gasteiger charge is 2.29. The Kier molecular flexibility index (Phi) is 9.98. The van der Waals surface area contributed by atoms with Crippen LogP contribution in [0, 0.1) is 0 Å². The van der Waals surface area contributed by atoms with Crippen molar-refractivity contribution in [3.05, 3.63) is 53.6 Å². The minimum Gasteiger partial charge on any atom is -0.497 e. The number of carbonyl (C=O) groups is 2. The molecule has 2 aliphatic rings. The van der Waals surface area contributed by atoms with Gasteiger partial charge in [-0.1, -0.05) is 12.5 Å². The van der Waals surface area contributed by atoms with E-state index in [9.17, 15) is 19.8 Å². The number of unbranched alkanes of at least 4 members (excludes halogenated alkanes) is 2. The lowest BCUT2D eigenvalue weighted by Crippen LogP contribution is -2.47. The van der Waals surface area contributed by atoms with Crippen molar-refractivity contribution >= 4 is 11.7 Å². The van der Waals surface area contributed by atoms with Gasteiger partial charge in [0.2, 0.25) is 5.91 Å². The molecular weight excluding hydrogens is 488 g/mol. The number of amides is 1. The number of rotatable bonds is 13. The lowest BCUT2D eigenvalue weighted by Gasteiger charge is -2.29. The first kappa shape index (κ1) is 27.9. The van der Waals surface area contributed by atoms with Gasteiger partial charge in [0.1, 0.15) is 25.1 Å². The molecule has 9 nitrogen and oxygen atoms in total. The molecule has 9 heteroatoms. The molecule has 0 unspecified atom stereocenters. The summed E-state index contributed by atoms with van der Waals surface area (Å²) in [4.78, 5) is 27.3. The zero-order valence-corrected chi connectivity index (χ0v) is 21.9. The van der Waals surface area contributed by atoms with Gasteiger partial charge >= 0.3 is 0 Å². The van der Waals surface area contributed by atoms with Crippen LogP contribution in [0.4, 0.5) is 0 Å². The molecule has 0 bridgehead atoms. The van der Waals surface area contributed by atoms with Gasteiger partial charge in [0, 0.05) is 39.5 Å². The molecule has 208 valence electrons. The molecule has 38 heavy (non-hydrogen) atoms. The van der Waals surface area contributed by atoms with Gasteiger partial charge < -0.3 is 29.7 Å². The summed E-state index contributed by atoms with van der Waals surface area (Å²) in [7, 11) is 1.59. The lowest BCUT2D eigenvalue weighted by atomic mass is 10.00. The maximum atomic E-state index is 12.8. The van der Waals surface area contributed by atoms with E-state index >= 15 is 0 Å². The predicted molar refractivity (Wildman–Crippen MR) is 144 cm³/mol. The summed E-state index contributed by atoms with van der Waals surface area (Å²) in [5.41, 5.74) is 1.29. The van der Waals surface area contributed by atoms with Crippen LogP contribution in [0.15, 0.2) is 42.5 Å². The van der Waals surface area contributed by atoms with Crippen LogP contribution in [-0.4, -0.2) is 78.9 Å². The third-order valence-corrected chi connectivity index (χ3v) is 7.06. The number of ketones is 1. The zero-order valence-electron chi connectivity index (χ0n) is 21.9. The maximum absolute atomic E-state index is 12.8. The average molecular weight is 529 g/mol. The second kappa shape index (κ2) is 13.6. The van der Waals surface area contributed by atoms with E-state index < -0.39 is 18.2 Å². The van der Waals surface area contributed by atoms with Gasteiger partial charge in [0.05, 0.1) is 19.3 Å². The van der Waals surface area contributed by atoms with E-state index in [1.54, 1.807) is 49.6 Å². The van der Waals surface area contributed by atoms with Crippen LogP contribution < -0.4 is 19.5 Å². The summed E-state index contributed by atoms with van der Waals surface area (Å²) >= 11 is 0. The number of nitrogens with one attached hydrogen (secondary N) is 1. The van der Waals surface area contributed by atoms with E-state index in [-0.39, 0.29) is 13.1 Å². The Morgan fingerprint density at radius 2 is 1.82 bits per heavy atom. The Hall–Kier alpha value is -3.14. The Balaban J connectivity index is 0.00000420. The Morgan fingerprint density at radius 1 is 1.08 bits per heavy atom. The summed E-state index contributed by atoms with van der Waals surface area (Å²) < 4.78 is 16.4. The van der Waals surface area contributed by atoms with Crippen LogP contribution in [0.1, 0.15) is 62.0 Å². The summed E-state index contributed by atoms with van der Waals surface area (Å²) in [6, 6.07) is 11.9. The highest BCUT2D eigenvalue weighted by molar-refractivity contribution is 5.96. The number of nitrogens with zero attached hydrogens (tertiary/aromatic N) is 1. The minimum atomic E-state index is -0.949. The predicted octanol–water partition coefficient (Wildman–Crippen LogP) is 3.13. The van der Waals surface area contributed by atoms with Crippen molar-refractivity contribution in [2.75, 3.05) is 40.0 Å². The summed E-state index contributed by atoms with van der Waals surface area (Å²) in [6.45, 7) is 2.59. The Labute approximate surface area is 225 Å². The molecule has 3 N–H and O–H groups in total. The van der Waals surface area contributed by atoms with Gasteiger partial charge in [0.15, 0.2) is 17.3 Å². The number of aliphatic hydroxyl groups is 2. The van der Waals surface area contributed by atoms with Gasteiger partial charge in [0.25, 0.3) is 0 Å². The molecule has 0 radical (unpaired) electrons. The van der Waals surface area contributed by atoms with Crippen LogP contribution in [0.2, 0.25) is 0 Å². The normalized spacial score (nSPS) is 18.6. The van der Waals surface area contributed by atoms with Gasteiger partial charge in [-0.2, -0.15) is 0 Å². The molecule has 0 aromatic heterocycles. The Bertz CT molecular complexity index is 1080. The maximum Gasteiger partial charge on any atom is 0.220 e. The molecule has 0 saturated carbocycles. The van der Waals surface area contributed by atoms with E-state index in [2.05, 4.69) is 10.2 Å². The van der Waals surface area contributed by atoms with Crippen molar-refractivity contribution in [2.45, 2.75) is 56.8 Å². The largest absolute Gasteiger partial charge is 0.497 e. The number of aliphatic hydroxyl groups excluding tert-OH is 2. The number of hydrogen-bond donors (Lipinski definition) is 3. The number of benzene rings is 2. The number of Topliss-reactive ketones (excluding diaryl/α,β-unsaturated/α-hetero) is 1. The SMILES string of the molecule is COc1ccc(C(=O)CCCCCC(=O)N[C@H](CN2CC[C@@H](O)C2)[C@H](O)c2ccc3c(c2)OCCO3)cc1.[HH]. The quantitative estimate of drug-likeness (QED) is 0.268. The van der Waals surface area contributed by atoms with Crippen LogP contribution in [-0.2, 0) is 4.79 Å². The second-order valence-electron chi connectivity index (χ2n) is 9.94. The van der Waals surface area contributed by atoms with Gasteiger partial charge in [-0.3, -0.25) is 14.5 Å². The molecule has 2 heterocycles. The number of hydrogen-bond acceptors (Lipinski definition) is 8. The first-order valence-corrected chi connectivity index (χ1v) is 13.4. The second-order valence-corrected chi connectivity index (χ2v) is 9.94. The fourth-order valence-electron chi connectivity index (χ4n) is 4.90. The van der Waals surface area contributed by atoms with Crippen LogP contribution in [0.3, 0.4) is 0 Å². The molecule has 2 aromatic rings. The summed E-state index contributed by atoms with van der Waals surface area (Å²) in [6.07, 6.45) is 2.18. The fourth-order valence-corrected chi connectivity index (χ4v) is 4.90. The smallest absolute Gasteiger partial charge is 0.220 e. The first-order valence-electron chi connectivity index (χ1n) is 13.4. The topological polar surface area (TPSA) is 118 Å². The summed E-state index contributed by atoms with van der Waals surface area (Å²) in [5.74, 6) is 1.87. The number of carbonyl (C=O) groups excluding carboxylic acids is 2. The van der Waals surface area contributed by atoms with Gasteiger partial charge in [-0.05, 0) is 61.2 Å². The van der Waals surface area contributed by atoms with Crippen LogP contribution in [0.25, 0.3) is 0 Å². The number of methoxy groups -OCH3 is 1. The molecule has 0 aliphatic carbocycles. The Morgan fingerprint density at radius 3 is 2.53 bits per heavy atom. The van der Waals surface area contributed by atoms with Crippen molar-refractivity contribution in [1.82, 2.24) is 10.2 Å². The molecule has 3 atom stereocenters. The summed E-state index contributed by atoms with van der Waals surface area (Å²) in [5, 5.41) is 24.2. The highest BCUT2D eigenvalue weighted by atomic mass is 16.6. The molecule has 2 aliphatic heterocycles. The van der Waals surface area contributed by atoms with Gasteiger partial charge in [-0.25, -0.2) is 0 Å². The number of likely N-dealkylation sites (tertiary alicyclic amines) is 1. The van der Waals surface area contributed by atoms with E-state index in [0.29, 0.717) is 93.3 Å². The number of ether oxygens (including phenoxy) is 3. The fraction of sp³-hybridized carbons (Fsp3) is 0.517. The van der Waals surface area contributed by atoms with Gasteiger partial charge in [-0.15, -0.1) is 0 Å². The monoisotopic (exact) mass is 528 g/mol. The standard InChI is InChI=1S/C29H38N2O7.H2/c1-36-23-10-7-20(8-11-23)25(33)5-3-2-4-6-28(34)30-24(19-31-14-13-22(32)18-31)29(35)21-9-12-26-27(17-21)38-16-15-37-26;/h7-12,17,22,24,29,32,35H,2-6,13-16,18-19H2,1H3,(H,30,34);1H/t22-,24-,29-;/m1./s1. The van der Waals surface area contributed by atoms with E-state index in [4.69, 9.17) is 14.2 Å². The van der Waals surface area contributed by atoms with Crippen LogP contribution in [0.5, 0.6) is 17.2 Å². The third-order valence-electron chi connectivity index (χ3n) is 7.06. The molecule has 1 amide bonds. The molecule has 0 spiro atoms. The average Bonchev–Trinajstić information content (AvgIpc) is 3.36. The van der Waals surface area contributed by atoms with Crippen molar-refractivity contribution in [3.63, 3.8) is 0 Å². The van der Waals surface area contributed by atoms with Crippen molar-refractivity contribution in [2.24, 2.45) is 0 Å². The third kappa shape index (κ3) is 7.69. The van der Waals surface area contributed by atoms with Crippen molar-refractivity contribution < 1.29 is 35.4 Å². The van der Waals surface area contributed by atoms with E-state index in [1.165, 1.54) is 0 Å². The number of β-amino-alcohol motifs (C(OH)–C–C–N with tert-alkyl or cyclic N) is 1. The minimum absolute atomic E-state index is 0. The molecular formula is C29H40N2O7. The van der Waals surface area contributed by atoms with E-state index in [1.807, 2.05) is 0 Å². The lowest BCUT2D eigenvalue weighted by molar-refractivity contribution is -0.123. The van der Waals surface area contributed by atoms with Crippen molar-refractivity contribution in [1.29, 1.82) is 0 Å². The van der Waals surface area contributed by atoms with E-state index in [0.717, 1.165) is 6.42 Å². The highest BCUT2D eigenvalue weighted by Crippen LogP contribution is 2.33. The van der Waals surface area contributed by atoms with Crippen molar-refractivity contribution in [3.8, 4) is 17.2 Å². The van der Waals surface area contributed by atoms with Crippen LogP contribution >= 0.6 is 0 Å². The molecule has 1 fully saturated rings. The molecule has 4 rings (SSSR count). The molecule has 2 aromatic carbocycles. The number of fused-ring (bicyclic) bond motifs is 1.